The van der Waals surface area contributed by atoms with E-state index in [4.69, 9.17) is 23.9 Å². The predicted molar refractivity (Wildman–Crippen MR) is 151 cm³/mol. The number of nitrogens with one attached hydrogen (secondary N) is 1. The highest BCUT2D eigenvalue weighted by Crippen LogP contribution is 2.38. The molecule has 7 N–H and O–H groups in total. The van der Waals surface area contributed by atoms with Crippen LogP contribution in [0.15, 0.2) is 0 Å². The number of aliphatic carboxylic acids is 3. The fourth-order valence-electron chi connectivity index (χ4n) is 5.29. The van der Waals surface area contributed by atoms with Crippen molar-refractivity contribution in [2.45, 2.75) is 65.2 Å². The van der Waals surface area contributed by atoms with E-state index in [1.54, 1.807) is 0 Å². The van der Waals surface area contributed by atoms with Gasteiger partial charge in [-0.1, -0.05) is 6.92 Å². The maximum atomic E-state index is 14.0. The van der Waals surface area contributed by atoms with Crippen LogP contribution in [0.4, 0.5) is 0 Å². The predicted octanol–water partition coefficient (Wildman–Crippen LogP) is -1.92. The van der Waals surface area contributed by atoms with Crippen LogP contribution >= 0.6 is 0 Å². The Morgan fingerprint density at radius 1 is 0.822 bits per heavy atom. The second-order valence-corrected chi connectivity index (χ2v) is 12.2. The van der Waals surface area contributed by atoms with Crippen molar-refractivity contribution in [1.29, 1.82) is 0 Å². The van der Waals surface area contributed by atoms with Crippen molar-refractivity contribution >= 4 is 57.3 Å². The van der Waals surface area contributed by atoms with Gasteiger partial charge >= 0.3 is 26.7 Å². The number of ether oxygens (including phenoxy) is 2. The number of hydrogen-bond donors (Lipinski definition) is 7. The number of carboxylic acid groups (broad SMARTS) is 3. The minimum atomic E-state index is -4.45. The first-order valence-corrected chi connectivity index (χ1v) is 16.1. The van der Waals surface area contributed by atoms with Crippen LogP contribution in [0.3, 0.4) is 0 Å². The standard InChI is InChI=1S/C26H42N2O16Si/c1-5-15(23(34)27-9-8-10-45(40,41)42)19(25(36)37)20(26(38)39)21(24(35)28(6-2)7-3)22(44-13-30)18(14(4)31)16(43-12-29)11-17(32)33/h12-13,15-16,18-22,40-42H,5-11H2,1-4H3,(H,27,34)(H,32,33)(H,36,37)(H,38,39)/t15?,16?,18?,19-,20?,21?,22?/m1/s1. The normalized spacial score (nSPS) is 16.0. The molecule has 7 atom stereocenters. The van der Waals surface area contributed by atoms with Crippen LogP contribution in [0.5, 0.6) is 0 Å². The number of carbonyl (C=O) groups excluding carboxylic acids is 5. The van der Waals surface area contributed by atoms with E-state index in [1.165, 1.54) is 20.8 Å². The molecule has 0 aromatic rings. The zero-order chi connectivity index (χ0) is 35.1. The maximum absolute atomic E-state index is 14.0. The Kier molecular flexibility index (Phi) is 17.7. The van der Waals surface area contributed by atoms with Gasteiger partial charge in [-0.25, -0.2) is 0 Å². The van der Waals surface area contributed by atoms with E-state index in [9.17, 15) is 53.7 Å². The van der Waals surface area contributed by atoms with Crippen LogP contribution < -0.4 is 5.32 Å². The van der Waals surface area contributed by atoms with Gasteiger partial charge < -0.3 is 49.4 Å². The summed E-state index contributed by atoms with van der Waals surface area (Å²) in [6.07, 6.45) is -5.57. The minimum Gasteiger partial charge on any atom is -0.481 e. The smallest absolute Gasteiger partial charge is 0.481 e. The van der Waals surface area contributed by atoms with Crippen LogP contribution in [-0.4, -0.2) is 124 Å². The lowest BCUT2D eigenvalue weighted by molar-refractivity contribution is -0.177. The molecule has 256 valence electrons. The summed E-state index contributed by atoms with van der Waals surface area (Å²) in [5, 5.41) is 32.4. The molecule has 0 radical (unpaired) electrons. The Balaban J connectivity index is 7.40. The molecule has 0 rings (SSSR count). The molecule has 0 aliphatic carbocycles. The van der Waals surface area contributed by atoms with Crippen LogP contribution in [0.2, 0.25) is 6.04 Å². The van der Waals surface area contributed by atoms with Crippen LogP contribution in [0, 0.1) is 29.6 Å². The molecule has 0 spiro atoms. The Hall–Kier alpha value is -3.94. The Labute approximate surface area is 259 Å². The molecule has 19 heteroatoms. The number of carbonyl (C=O) groups is 8. The van der Waals surface area contributed by atoms with Crippen LogP contribution in [0.25, 0.3) is 0 Å². The summed E-state index contributed by atoms with van der Waals surface area (Å²) in [5.74, 6) is -18.9. The van der Waals surface area contributed by atoms with Crippen molar-refractivity contribution < 1.29 is 77.5 Å². The van der Waals surface area contributed by atoms with Crippen molar-refractivity contribution in [2.75, 3.05) is 19.6 Å². The molecule has 18 nitrogen and oxygen atoms in total. The second kappa shape index (κ2) is 19.4. The first-order valence-electron chi connectivity index (χ1n) is 14.0. The van der Waals surface area contributed by atoms with E-state index in [2.05, 4.69) is 5.32 Å². The molecule has 0 aliphatic rings. The lowest BCUT2D eigenvalue weighted by Crippen LogP contribution is -2.57. The lowest BCUT2D eigenvalue weighted by Gasteiger charge is -2.40. The molecule has 0 aromatic heterocycles. The summed E-state index contributed by atoms with van der Waals surface area (Å²) >= 11 is 0. The molecule has 0 bridgehead atoms. The number of carboxylic acids is 3. The molecule has 0 saturated carbocycles. The van der Waals surface area contributed by atoms with Crippen molar-refractivity contribution in [3.63, 3.8) is 0 Å². The third-order valence-corrected chi connectivity index (χ3v) is 8.32. The van der Waals surface area contributed by atoms with Gasteiger partial charge in [-0.05, 0) is 33.6 Å². The van der Waals surface area contributed by atoms with Gasteiger partial charge in [0.15, 0.2) is 0 Å². The number of hydrogen-bond acceptors (Lipinski definition) is 13. The molecule has 6 unspecified atom stereocenters. The number of rotatable bonds is 24. The molecule has 0 saturated heterocycles. The van der Waals surface area contributed by atoms with Gasteiger partial charge in [-0.3, -0.25) is 38.4 Å². The van der Waals surface area contributed by atoms with E-state index < -0.39 is 98.6 Å². The topological polar surface area (TPSA) is 292 Å². The summed E-state index contributed by atoms with van der Waals surface area (Å²) in [6, 6.07) is -0.470. The average Bonchev–Trinajstić information content (AvgIpc) is 2.92. The van der Waals surface area contributed by atoms with Crippen molar-refractivity contribution in [2.24, 2.45) is 29.6 Å². The average molecular weight is 667 g/mol. The van der Waals surface area contributed by atoms with Crippen LogP contribution in [0.1, 0.15) is 47.0 Å². The summed E-state index contributed by atoms with van der Waals surface area (Å²) < 4.78 is 9.88. The SMILES string of the molecule is CCC(C(=O)NCCC[Si](O)(O)O)[C@@H](C(=O)O)C(C(=O)O)C(C(=O)N(CC)CC)C(OC=O)C(C(C)=O)C(CC(=O)O)OC=O. The second-order valence-electron chi connectivity index (χ2n) is 10.1. The van der Waals surface area contributed by atoms with Gasteiger partial charge in [0, 0.05) is 25.7 Å². The third-order valence-electron chi connectivity index (χ3n) is 7.30. The van der Waals surface area contributed by atoms with Gasteiger partial charge in [0.05, 0.1) is 36.0 Å². The zero-order valence-corrected chi connectivity index (χ0v) is 26.4. The molecule has 0 aliphatic heterocycles. The summed E-state index contributed by atoms with van der Waals surface area (Å²) in [5.41, 5.74) is 0. The number of Topliss-reactive ketones (excluding diaryl/α,β-unsaturated/α-hetero) is 1. The number of ketones is 1. The molecular formula is C26H42N2O16Si. The number of nitrogens with zero attached hydrogens (tertiary/aromatic N) is 1. The zero-order valence-electron chi connectivity index (χ0n) is 25.4. The Morgan fingerprint density at radius 2 is 1.36 bits per heavy atom. The van der Waals surface area contributed by atoms with Gasteiger partial charge in [-0.15, -0.1) is 0 Å². The first-order chi connectivity index (χ1) is 20.9. The van der Waals surface area contributed by atoms with Gasteiger partial charge in [0.1, 0.15) is 18.0 Å². The van der Waals surface area contributed by atoms with Gasteiger partial charge in [0.25, 0.3) is 12.9 Å². The fraction of sp³-hybridized carbons (Fsp3) is 0.692. The van der Waals surface area contributed by atoms with Crippen LogP contribution in [-0.2, 0) is 47.8 Å². The van der Waals surface area contributed by atoms with Crippen molar-refractivity contribution in [3.8, 4) is 0 Å². The van der Waals surface area contributed by atoms with E-state index in [0.29, 0.717) is 0 Å². The molecular weight excluding hydrogens is 624 g/mol. The first kappa shape index (κ1) is 41.1. The highest BCUT2D eigenvalue weighted by atomic mass is 28.4. The maximum Gasteiger partial charge on any atom is 0.492 e. The fourth-order valence-corrected chi connectivity index (χ4v) is 5.94. The molecule has 0 aromatic carbocycles. The summed E-state index contributed by atoms with van der Waals surface area (Å²) in [6.45, 7) is 4.35. The summed E-state index contributed by atoms with van der Waals surface area (Å²) in [4.78, 5) is 129. The van der Waals surface area contributed by atoms with E-state index in [1.807, 2.05) is 0 Å². The van der Waals surface area contributed by atoms with Crippen molar-refractivity contribution in [3.05, 3.63) is 0 Å². The number of amides is 2. The summed E-state index contributed by atoms with van der Waals surface area (Å²) in [7, 11) is -4.45. The van der Waals surface area contributed by atoms with Gasteiger partial charge in [0.2, 0.25) is 11.8 Å². The van der Waals surface area contributed by atoms with E-state index in [0.717, 1.165) is 11.8 Å². The monoisotopic (exact) mass is 666 g/mol. The molecule has 0 fully saturated rings. The Morgan fingerprint density at radius 3 is 1.73 bits per heavy atom. The quantitative estimate of drug-likeness (QED) is 0.0336. The lowest BCUT2D eigenvalue weighted by atomic mass is 9.68. The third kappa shape index (κ3) is 12.5. The van der Waals surface area contributed by atoms with E-state index >= 15 is 0 Å². The van der Waals surface area contributed by atoms with E-state index in [-0.39, 0.29) is 45.4 Å². The molecule has 2 amide bonds. The highest BCUT2D eigenvalue weighted by Gasteiger charge is 2.55. The minimum absolute atomic E-state index is 0.0685. The van der Waals surface area contributed by atoms with Gasteiger partial charge in [-0.2, -0.15) is 0 Å². The molecule has 0 heterocycles. The van der Waals surface area contributed by atoms with Crippen molar-refractivity contribution in [1.82, 2.24) is 10.2 Å². The highest BCUT2D eigenvalue weighted by molar-refractivity contribution is 6.56. The largest absolute Gasteiger partial charge is 0.492 e. The molecule has 45 heavy (non-hydrogen) atoms. The Bertz CT molecular complexity index is 1060.